The van der Waals surface area contributed by atoms with E-state index in [0.717, 1.165) is 0 Å². The average Bonchev–Trinajstić information content (AvgIpc) is 2.60. The summed E-state index contributed by atoms with van der Waals surface area (Å²) in [4.78, 5) is 22.8. The number of nitro groups is 1. The molecule has 2 rings (SSSR count). The smallest absolute Gasteiger partial charge is 0.288 e. The van der Waals surface area contributed by atoms with Crippen LogP contribution in [0.5, 0.6) is 5.75 Å². The first-order valence-electron chi connectivity index (χ1n) is 6.71. The third-order valence-corrected chi connectivity index (χ3v) is 3.51. The minimum absolute atomic E-state index is 0.0216. The number of nitrogens with zero attached hydrogens (tertiary/aromatic N) is 2. The Balaban J connectivity index is 2.47. The number of benzene rings is 2. The van der Waals surface area contributed by atoms with Crippen molar-refractivity contribution in [3.8, 4) is 11.8 Å². The summed E-state index contributed by atoms with van der Waals surface area (Å²) in [5, 5.41) is 20.2. The first kappa shape index (κ1) is 17.2. The molecule has 0 aliphatic heterocycles. The first-order chi connectivity index (χ1) is 11.5. The summed E-state index contributed by atoms with van der Waals surface area (Å²) >= 11 is 5.75. The molecule has 0 saturated heterocycles. The lowest BCUT2D eigenvalue weighted by Crippen LogP contribution is -2.04. The van der Waals surface area contributed by atoms with Crippen LogP contribution in [-0.4, -0.2) is 17.8 Å². The maximum atomic E-state index is 12.5. The third-order valence-electron chi connectivity index (χ3n) is 3.19. The maximum Gasteiger partial charge on any atom is 0.288 e. The second-order valence-corrected chi connectivity index (χ2v) is 5.07. The largest absolute Gasteiger partial charge is 0.496 e. The number of Topliss-reactive ketones (excluding diaryl/α,β-unsaturated/α-hetero) is 1. The van der Waals surface area contributed by atoms with Crippen molar-refractivity contribution in [1.29, 1.82) is 5.26 Å². The van der Waals surface area contributed by atoms with Gasteiger partial charge >= 0.3 is 0 Å². The Morgan fingerprint density at radius 2 is 2.04 bits per heavy atom. The zero-order valence-electron chi connectivity index (χ0n) is 12.5. The topological polar surface area (TPSA) is 93.2 Å². The molecule has 0 saturated carbocycles. The molecule has 0 atom stereocenters. The van der Waals surface area contributed by atoms with Gasteiger partial charge in [-0.3, -0.25) is 14.9 Å². The lowest BCUT2D eigenvalue weighted by molar-refractivity contribution is -0.384. The monoisotopic (exact) mass is 342 g/mol. The Morgan fingerprint density at radius 3 is 2.67 bits per heavy atom. The first-order valence-corrected chi connectivity index (χ1v) is 7.09. The number of ketones is 1. The molecule has 0 aromatic heterocycles. The van der Waals surface area contributed by atoms with E-state index in [1.54, 1.807) is 18.2 Å². The number of carbonyl (C=O) groups is 1. The minimum atomic E-state index is -0.631. The average molecular weight is 343 g/mol. The number of halogens is 1. The van der Waals surface area contributed by atoms with Gasteiger partial charge in [0.15, 0.2) is 0 Å². The fraction of sp³-hybridized carbons (Fsp3) is 0.0588. The predicted octanol–water partition coefficient (Wildman–Crippen LogP) is 4.05. The Hall–Kier alpha value is -3.17. The second-order valence-electron chi connectivity index (χ2n) is 4.67. The molecule has 0 heterocycles. The number of hydrogen-bond acceptors (Lipinski definition) is 5. The molecule has 0 amide bonds. The minimum Gasteiger partial charge on any atom is -0.496 e. The van der Waals surface area contributed by atoms with Gasteiger partial charge < -0.3 is 4.74 Å². The van der Waals surface area contributed by atoms with Crippen molar-refractivity contribution in [1.82, 2.24) is 0 Å². The van der Waals surface area contributed by atoms with E-state index in [-0.39, 0.29) is 21.8 Å². The van der Waals surface area contributed by atoms with Crippen molar-refractivity contribution in [2.24, 2.45) is 0 Å². The Labute approximate surface area is 142 Å². The van der Waals surface area contributed by atoms with Gasteiger partial charge in [-0.25, -0.2) is 0 Å². The molecule has 0 bridgehead atoms. The normalized spacial score (nSPS) is 10.8. The number of carbonyl (C=O) groups excluding carboxylic acids is 1. The zero-order chi connectivity index (χ0) is 17.7. The number of rotatable bonds is 5. The highest BCUT2D eigenvalue weighted by Crippen LogP contribution is 2.27. The molecule has 0 unspecified atom stereocenters. The third kappa shape index (κ3) is 3.59. The van der Waals surface area contributed by atoms with E-state index in [9.17, 15) is 20.2 Å². The summed E-state index contributed by atoms with van der Waals surface area (Å²) in [6, 6.07) is 12.3. The van der Waals surface area contributed by atoms with Crippen molar-refractivity contribution in [3.05, 3.63) is 74.3 Å². The van der Waals surface area contributed by atoms with Crippen LogP contribution < -0.4 is 4.74 Å². The molecule has 2 aromatic rings. The van der Waals surface area contributed by atoms with Crippen molar-refractivity contribution < 1.29 is 14.5 Å². The van der Waals surface area contributed by atoms with Crippen LogP contribution in [0.3, 0.4) is 0 Å². The van der Waals surface area contributed by atoms with Crippen molar-refractivity contribution in [2.75, 3.05) is 7.11 Å². The quantitative estimate of drug-likeness (QED) is 0.269. The van der Waals surface area contributed by atoms with Gasteiger partial charge in [-0.1, -0.05) is 29.8 Å². The molecule has 0 aliphatic carbocycles. The molecule has 0 radical (unpaired) electrons. The van der Waals surface area contributed by atoms with E-state index < -0.39 is 10.7 Å². The molecule has 0 spiro atoms. The summed E-state index contributed by atoms with van der Waals surface area (Å²) in [5.74, 6) is -0.196. The number of para-hydroxylation sites is 1. The molecular formula is C17H11ClN2O4. The SMILES string of the molecule is COc1ccccc1C(=O)/C(C#N)=C/c1ccc(Cl)c([N+](=O)[O-])c1. The fourth-order valence-corrected chi connectivity index (χ4v) is 2.24. The summed E-state index contributed by atoms with van der Waals surface area (Å²) < 4.78 is 5.11. The van der Waals surface area contributed by atoms with Crippen LogP contribution in [-0.2, 0) is 0 Å². The Kier molecular flexibility index (Phi) is 5.30. The highest BCUT2D eigenvalue weighted by Gasteiger charge is 2.18. The highest BCUT2D eigenvalue weighted by atomic mass is 35.5. The standard InChI is InChI=1S/C17H11ClN2O4/c1-24-16-5-3-2-4-13(16)17(21)12(10-19)8-11-6-7-14(18)15(9-11)20(22)23/h2-9H,1H3/b12-8+. The van der Waals surface area contributed by atoms with Gasteiger partial charge in [0, 0.05) is 6.07 Å². The van der Waals surface area contributed by atoms with Crippen molar-refractivity contribution in [3.63, 3.8) is 0 Å². The van der Waals surface area contributed by atoms with E-state index in [1.807, 2.05) is 6.07 Å². The van der Waals surface area contributed by atoms with Crippen molar-refractivity contribution >= 4 is 29.1 Å². The molecular weight excluding hydrogens is 332 g/mol. The lowest BCUT2D eigenvalue weighted by atomic mass is 10.0. The van der Waals surface area contributed by atoms with Gasteiger partial charge in [-0.15, -0.1) is 0 Å². The van der Waals surface area contributed by atoms with Gasteiger partial charge in [-0.05, 0) is 29.8 Å². The molecule has 6 nitrogen and oxygen atoms in total. The van der Waals surface area contributed by atoms with E-state index in [0.29, 0.717) is 11.3 Å². The van der Waals surface area contributed by atoms with E-state index in [1.165, 1.54) is 37.5 Å². The summed E-state index contributed by atoms with van der Waals surface area (Å²) in [6.45, 7) is 0. The molecule has 24 heavy (non-hydrogen) atoms. The van der Waals surface area contributed by atoms with Crippen LogP contribution in [0.4, 0.5) is 5.69 Å². The van der Waals surface area contributed by atoms with E-state index >= 15 is 0 Å². The molecule has 2 aromatic carbocycles. The number of nitro benzene ring substituents is 1. The summed E-state index contributed by atoms with van der Waals surface area (Å²) in [6.07, 6.45) is 1.28. The number of allylic oxidation sites excluding steroid dienone is 1. The van der Waals surface area contributed by atoms with Crippen LogP contribution in [0, 0.1) is 21.4 Å². The number of nitriles is 1. The molecule has 0 aliphatic rings. The van der Waals surface area contributed by atoms with Crippen molar-refractivity contribution in [2.45, 2.75) is 0 Å². The number of methoxy groups -OCH3 is 1. The second kappa shape index (κ2) is 7.40. The van der Waals surface area contributed by atoms with Crippen LogP contribution in [0.2, 0.25) is 5.02 Å². The molecule has 7 heteroatoms. The highest BCUT2D eigenvalue weighted by molar-refractivity contribution is 6.32. The van der Waals surface area contributed by atoms with Gasteiger partial charge in [0.05, 0.1) is 17.6 Å². The number of ether oxygens (including phenoxy) is 1. The predicted molar refractivity (Wildman–Crippen MR) is 89.0 cm³/mol. The van der Waals surface area contributed by atoms with Gasteiger partial charge in [0.2, 0.25) is 5.78 Å². The number of hydrogen-bond donors (Lipinski definition) is 0. The summed E-state index contributed by atoms with van der Waals surface area (Å²) in [7, 11) is 1.42. The fourth-order valence-electron chi connectivity index (χ4n) is 2.05. The van der Waals surface area contributed by atoms with Crippen LogP contribution in [0.15, 0.2) is 48.0 Å². The van der Waals surface area contributed by atoms with E-state index in [2.05, 4.69) is 0 Å². The van der Waals surface area contributed by atoms with Gasteiger partial charge in [0.25, 0.3) is 5.69 Å². The molecule has 120 valence electrons. The molecule has 0 N–H and O–H groups in total. The zero-order valence-corrected chi connectivity index (χ0v) is 13.3. The van der Waals surface area contributed by atoms with Gasteiger partial charge in [-0.2, -0.15) is 5.26 Å². The van der Waals surface area contributed by atoms with E-state index in [4.69, 9.17) is 16.3 Å². The maximum absolute atomic E-state index is 12.5. The Bertz CT molecular complexity index is 884. The Morgan fingerprint density at radius 1 is 1.33 bits per heavy atom. The van der Waals surface area contributed by atoms with Crippen LogP contribution in [0.25, 0.3) is 6.08 Å². The molecule has 0 fully saturated rings. The van der Waals surface area contributed by atoms with Crippen LogP contribution >= 0.6 is 11.6 Å². The van der Waals surface area contributed by atoms with Gasteiger partial charge in [0.1, 0.15) is 22.4 Å². The van der Waals surface area contributed by atoms with Crippen LogP contribution in [0.1, 0.15) is 15.9 Å². The summed E-state index contributed by atoms with van der Waals surface area (Å²) in [5.41, 5.74) is 0.0886. The lowest BCUT2D eigenvalue weighted by Gasteiger charge is -2.06.